The summed E-state index contributed by atoms with van der Waals surface area (Å²) in [6, 6.07) is 5.89. The van der Waals surface area contributed by atoms with Crippen LogP contribution in [-0.2, 0) is 12.8 Å². The van der Waals surface area contributed by atoms with Crippen molar-refractivity contribution in [2.75, 3.05) is 6.54 Å². The molecule has 0 fully saturated rings. The van der Waals surface area contributed by atoms with Crippen molar-refractivity contribution in [3.8, 4) is 0 Å². The van der Waals surface area contributed by atoms with Gasteiger partial charge in [-0.15, -0.1) is 0 Å². The van der Waals surface area contributed by atoms with Crippen LogP contribution in [0.4, 0.5) is 4.39 Å². The molecule has 94 valence electrons. The van der Waals surface area contributed by atoms with Crippen molar-refractivity contribution in [3.63, 3.8) is 0 Å². The van der Waals surface area contributed by atoms with Crippen LogP contribution in [-0.4, -0.2) is 22.0 Å². The summed E-state index contributed by atoms with van der Waals surface area (Å²) in [6.07, 6.45) is 4.03. The monoisotopic (exact) mass is 247 g/mol. The molecule has 0 aliphatic rings. The number of rotatable bonds is 4. The Morgan fingerprint density at radius 2 is 2.06 bits per heavy atom. The van der Waals surface area contributed by atoms with Gasteiger partial charge in [0.1, 0.15) is 12.1 Å². The molecule has 18 heavy (non-hydrogen) atoms. The normalized spacial score (nSPS) is 10.6. The summed E-state index contributed by atoms with van der Waals surface area (Å²) in [5.41, 5.74) is 6.98. The van der Waals surface area contributed by atoms with Gasteiger partial charge in [0.25, 0.3) is 0 Å². The van der Waals surface area contributed by atoms with Gasteiger partial charge in [-0.3, -0.25) is 9.36 Å². The Labute approximate surface area is 104 Å². The highest BCUT2D eigenvalue weighted by atomic mass is 19.1. The number of hydrogen-bond donors (Lipinski definition) is 1. The van der Waals surface area contributed by atoms with Gasteiger partial charge in [-0.25, -0.2) is 9.37 Å². The van der Waals surface area contributed by atoms with Crippen LogP contribution in [0.15, 0.2) is 36.8 Å². The van der Waals surface area contributed by atoms with E-state index in [4.69, 9.17) is 5.73 Å². The van der Waals surface area contributed by atoms with E-state index < -0.39 is 0 Å². The molecule has 2 aromatic rings. The molecule has 0 atom stereocenters. The minimum absolute atomic E-state index is 0.0996. The van der Waals surface area contributed by atoms with Crippen molar-refractivity contribution >= 4 is 5.91 Å². The first-order valence-corrected chi connectivity index (χ1v) is 5.69. The molecule has 0 aliphatic carbocycles. The van der Waals surface area contributed by atoms with Crippen LogP contribution < -0.4 is 5.73 Å². The van der Waals surface area contributed by atoms with Crippen LogP contribution in [0.5, 0.6) is 0 Å². The van der Waals surface area contributed by atoms with E-state index in [2.05, 4.69) is 4.98 Å². The van der Waals surface area contributed by atoms with E-state index in [0.29, 0.717) is 13.0 Å². The Bertz CT molecular complexity index is 533. The van der Waals surface area contributed by atoms with Crippen molar-refractivity contribution in [2.45, 2.75) is 12.8 Å². The molecule has 0 unspecified atom stereocenters. The van der Waals surface area contributed by atoms with Gasteiger partial charge < -0.3 is 5.73 Å². The highest BCUT2D eigenvalue weighted by Crippen LogP contribution is 2.06. The molecule has 0 aliphatic heterocycles. The number of nitrogens with zero attached hydrogens (tertiary/aromatic N) is 2. The van der Waals surface area contributed by atoms with E-state index in [1.807, 2.05) is 0 Å². The van der Waals surface area contributed by atoms with Crippen LogP contribution in [0.3, 0.4) is 0 Å². The summed E-state index contributed by atoms with van der Waals surface area (Å²) in [6.45, 7) is 0.503. The van der Waals surface area contributed by atoms with Crippen LogP contribution >= 0.6 is 0 Å². The lowest BCUT2D eigenvalue weighted by molar-refractivity contribution is 0.0914. The van der Waals surface area contributed by atoms with Gasteiger partial charge in [0.2, 0.25) is 5.91 Å². The molecule has 2 rings (SSSR count). The third kappa shape index (κ3) is 3.01. The Balaban J connectivity index is 2.04. The summed E-state index contributed by atoms with van der Waals surface area (Å²) in [5, 5.41) is 0. The number of nitrogens with two attached hydrogens (primary N) is 1. The predicted octanol–water partition coefficient (Wildman–Crippen LogP) is 1.41. The molecule has 0 bridgehead atoms. The van der Waals surface area contributed by atoms with Crippen molar-refractivity contribution in [2.24, 2.45) is 5.73 Å². The van der Waals surface area contributed by atoms with Gasteiger partial charge in [0.05, 0.1) is 12.1 Å². The first-order valence-electron chi connectivity index (χ1n) is 5.69. The second kappa shape index (κ2) is 5.55. The van der Waals surface area contributed by atoms with Gasteiger partial charge >= 0.3 is 0 Å². The average Bonchev–Trinajstić information content (AvgIpc) is 2.81. The lowest BCUT2D eigenvalue weighted by atomic mass is 10.1. The smallest absolute Gasteiger partial charge is 0.236 e. The number of imidazole rings is 1. The zero-order chi connectivity index (χ0) is 13.0. The van der Waals surface area contributed by atoms with Gasteiger partial charge in [-0.05, 0) is 24.2 Å². The Kier molecular flexibility index (Phi) is 3.84. The standard InChI is InChI=1S/C13H14FN3O/c14-11-3-1-10(2-4-11)7-13(18)17-8-12(5-6-15)16-9-17/h1-4,8-9H,5-7,15H2. The number of carbonyl (C=O) groups is 1. The number of hydrogen-bond acceptors (Lipinski definition) is 3. The minimum atomic E-state index is -0.306. The van der Waals surface area contributed by atoms with Crippen molar-refractivity contribution < 1.29 is 9.18 Å². The summed E-state index contributed by atoms with van der Waals surface area (Å²) in [4.78, 5) is 16.0. The number of halogens is 1. The van der Waals surface area contributed by atoms with Crippen LogP contribution in [0, 0.1) is 5.82 Å². The molecule has 5 heteroatoms. The first-order chi connectivity index (χ1) is 8.69. The lowest BCUT2D eigenvalue weighted by Gasteiger charge is -2.01. The summed E-state index contributed by atoms with van der Waals surface area (Å²) >= 11 is 0. The quantitative estimate of drug-likeness (QED) is 0.888. The fourth-order valence-electron chi connectivity index (χ4n) is 1.65. The average molecular weight is 247 g/mol. The maximum absolute atomic E-state index is 12.7. The van der Waals surface area contributed by atoms with Gasteiger partial charge in [0.15, 0.2) is 0 Å². The molecular formula is C13H14FN3O. The largest absolute Gasteiger partial charge is 0.330 e. The molecule has 1 aromatic carbocycles. The molecule has 1 aromatic heterocycles. The zero-order valence-electron chi connectivity index (χ0n) is 9.84. The highest BCUT2D eigenvalue weighted by molar-refractivity contribution is 5.81. The molecule has 0 spiro atoms. The maximum Gasteiger partial charge on any atom is 0.236 e. The number of benzene rings is 1. The van der Waals surface area contributed by atoms with E-state index in [1.165, 1.54) is 23.0 Å². The fourth-order valence-corrected chi connectivity index (χ4v) is 1.65. The van der Waals surface area contributed by atoms with E-state index in [9.17, 15) is 9.18 Å². The first kappa shape index (κ1) is 12.4. The molecule has 4 nitrogen and oxygen atoms in total. The van der Waals surface area contributed by atoms with E-state index in [-0.39, 0.29) is 18.1 Å². The molecule has 2 N–H and O–H groups in total. The Morgan fingerprint density at radius 3 is 2.72 bits per heavy atom. The number of carbonyl (C=O) groups excluding carboxylic acids is 1. The van der Waals surface area contributed by atoms with E-state index in [1.54, 1.807) is 18.3 Å². The maximum atomic E-state index is 12.7. The minimum Gasteiger partial charge on any atom is -0.330 e. The summed E-state index contributed by atoms with van der Waals surface area (Å²) < 4.78 is 14.2. The molecular weight excluding hydrogens is 233 g/mol. The van der Waals surface area contributed by atoms with Crippen LogP contribution in [0.1, 0.15) is 16.1 Å². The molecule has 0 radical (unpaired) electrons. The number of aromatic nitrogens is 2. The van der Waals surface area contributed by atoms with E-state index in [0.717, 1.165) is 11.3 Å². The molecule has 0 saturated heterocycles. The van der Waals surface area contributed by atoms with Crippen molar-refractivity contribution in [3.05, 3.63) is 53.9 Å². The molecule has 0 saturated carbocycles. The highest BCUT2D eigenvalue weighted by Gasteiger charge is 2.07. The lowest BCUT2D eigenvalue weighted by Crippen LogP contribution is -2.11. The van der Waals surface area contributed by atoms with Gasteiger partial charge in [0, 0.05) is 12.6 Å². The third-order valence-electron chi connectivity index (χ3n) is 2.59. The van der Waals surface area contributed by atoms with E-state index >= 15 is 0 Å². The SMILES string of the molecule is NCCc1cn(C(=O)Cc2ccc(F)cc2)cn1. The van der Waals surface area contributed by atoms with Crippen molar-refractivity contribution in [1.82, 2.24) is 9.55 Å². The summed E-state index contributed by atoms with van der Waals surface area (Å²) in [5.74, 6) is -0.406. The third-order valence-corrected chi connectivity index (χ3v) is 2.59. The van der Waals surface area contributed by atoms with Crippen LogP contribution in [0.2, 0.25) is 0 Å². The van der Waals surface area contributed by atoms with Gasteiger partial charge in [-0.1, -0.05) is 12.1 Å². The second-order valence-corrected chi connectivity index (χ2v) is 4.01. The van der Waals surface area contributed by atoms with Crippen LogP contribution in [0.25, 0.3) is 0 Å². The Morgan fingerprint density at radius 1 is 1.33 bits per heavy atom. The molecule has 1 heterocycles. The predicted molar refractivity (Wildman–Crippen MR) is 65.7 cm³/mol. The Hall–Kier alpha value is -2.01. The zero-order valence-corrected chi connectivity index (χ0v) is 9.84. The topological polar surface area (TPSA) is 60.9 Å². The molecule has 0 amide bonds. The van der Waals surface area contributed by atoms with Gasteiger partial charge in [-0.2, -0.15) is 0 Å². The second-order valence-electron chi connectivity index (χ2n) is 4.01. The fraction of sp³-hybridized carbons (Fsp3) is 0.231. The van der Waals surface area contributed by atoms with Crippen molar-refractivity contribution in [1.29, 1.82) is 0 Å². The summed E-state index contributed by atoms with van der Waals surface area (Å²) in [7, 11) is 0.